The molecule has 0 aliphatic carbocycles. The number of amides is 2. The zero-order chi connectivity index (χ0) is 11.6. The molecule has 0 aromatic rings. The molecular weight excluding hydrogens is 202 g/mol. The van der Waals surface area contributed by atoms with E-state index in [2.05, 4.69) is 17.6 Å². The largest absolute Gasteiger partial charge is 0.337 e. The monoisotopic (exact) mass is 227 g/mol. The van der Waals surface area contributed by atoms with Gasteiger partial charge in [-0.05, 0) is 25.8 Å². The Kier molecular flexibility index (Phi) is 6.97. The van der Waals surface area contributed by atoms with Gasteiger partial charge in [-0.15, -0.1) is 0 Å². The Morgan fingerprint density at radius 2 is 1.75 bits per heavy atom. The first kappa shape index (κ1) is 13.3. The topological polar surface area (TPSA) is 44.4 Å². The maximum atomic E-state index is 11.8. The molecular formula is C12H25N3O. The van der Waals surface area contributed by atoms with Crippen LogP contribution in [0.1, 0.15) is 39.0 Å². The van der Waals surface area contributed by atoms with Crippen molar-refractivity contribution in [1.82, 2.24) is 15.5 Å². The number of carbonyl (C=O) groups is 1. The fraction of sp³-hybridized carbons (Fsp3) is 0.917. The Bertz CT molecular complexity index is 189. The van der Waals surface area contributed by atoms with Gasteiger partial charge < -0.3 is 15.5 Å². The highest BCUT2D eigenvalue weighted by atomic mass is 16.2. The molecule has 2 amide bonds. The van der Waals surface area contributed by atoms with Crippen molar-refractivity contribution in [2.24, 2.45) is 0 Å². The average molecular weight is 227 g/mol. The van der Waals surface area contributed by atoms with Crippen LogP contribution in [0, 0.1) is 0 Å². The summed E-state index contributed by atoms with van der Waals surface area (Å²) in [5.74, 6) is 0. The van der Waals surface area contributed by atoms with Gasteiger partial charge in [0, 0.05) is 26.2 Å². The molecule has 1 aliphatic rings. The van der Waals surface area contributed by atoms with Crippen molar-refractivity contribution < 1.29 is 4.79 Å². The molecule has 0 atom stereocenters. The van der Waals surface area contributed by atoms with Crippen molar-refractivity contribution >= 4 is 6.03 Å². The summed E-state index contributed by atoms with van der Waals surface area (Å²) in [5, 5.41) is 6.24. The molecule has 2 N–H and O–H groups in total. The number of rotatable bonds is 5. The maximum absolute atomic E-state index is 11.8. The second kappa shape index (κ2) is 8.39. The third kappa shape index (κ3) is 5.35. The van der Waals surface area contributed by atoms with E-state index in [-0.39, 0.29) is 6.03 Å². The van der Waals surface area contributed by atoms with Crippen LogP contribution in [0.2, 0.25) is 0 Å². The quantitative estimate of drug-likeness (QED) is 0.700. The van der Waals surface area contributed by atoms with Gasteiger partial charge in [-0.2, -0.15) is 0 Å². The molecule has 94 valence electrons. The zero-order valence-electron chi connectivity index (χ0n) is 10.4. The molecule has 4 nitrogen and oxygen atoms in total. The van der Waals surface area contributed by atoms with Crippen molar-refractivity contribution in [3.8, 4) is 0 Å². The molecule has 0 radical (unpaired) electrons. The predicted octanol–water partition coefficient (Wildman–Crippen LogP) is 1.57. The highest BCUT2D eigenvalue weighted by molar-refractivity contribution is 5.74. The summed E-state index contributed by atoms with van der Waals surface area (Å²) in [4.78, 5) is 13.7. The molecule has 16 heavy (non-hydrogen) atoms. The van der Waals surface area contributed by atoms with Crippen molar-refractivity contribution in [1.29, 1.82) is 0 Å². The molecule has 0 aromatic heterocycles. The van der Waals surface area contributed by atoms with Crippen molar-refractivity contribution in [3.05, 3.63) is 0 Å². The van der Waals surface area contributed by atoms with E-state index < -0.39 is 0 Å². The fourth-order valence-electron chi connectivity index (χ4n) is 1.95. The highest BCUT2D eigenvalue weighted by Gasteiger charge is 2.14. The lowest BCUT2D eigenvalue weighted by atomic mass is 10.2. The standard InChI is InChI=1S/C12H25N3O/c1-2-7-13-8-9-14-12(16)15-10-5-3-4-6-11-15/h13H,2-11H2,1H3,(H,14,16). The SMILES string of the molecule is CCCNCCNC(=O)N1CCCCCC1. The van der Waals surface area contributed by atoms with Crippen molar-refractivity contribution in [2.75, 3.05) is 32.7 Å². The lowest BCUT2D eigenvalue weighted by Crippen LogP contribution is -2.42. The Morgan fingerprint density at radius 3 is 2.38 bits per heavy atom. The lowest BCUT2D eigenvalue weighted by molar-refractivity contribution is 0.200. The van der Waals surface area contributed by atoms with Gasteiger partial charge in [0.25, 0.3) is 0 Å². The molecule has 1 aliphatic heterocycles. The first-order valence-corrected chi connectivity index (χ1v) is 6.58. The molecule has 0 unspecified atom stereocenters. The minimum atomic E-state index is 0.111. The van der Waals surface area contributed by atoms with Gasteiger partial charge in [0.05, 0.1) is 0 Å². The number of urea groups is 1. The van der Waals surface area contributed by atoms with Gasteiger partial charge in [0.2, 0.25) is 0 Å². The number of likely N-dealkylation sites (tertiary alicyclic amines) is 1. The van der Waals surface area contributed by atoms with Crippen LogP contribution >= 0.6 is 0 Å². The summed E-state index contributed by atoms with van der Waals surface area (Å²) >= 11 is 0. The zero-order valence-corrected chi connectivity index (χ0v) is 10.4. The van der Waals surface area contributed by atoms with Gasteiger partial charge in [-0.3, -0.25) is 0 Å². The Balaban J connectivity index is 2.08. The van der Waals surface area contributed by atoms with Crippen molar-refractivity contribution in [3.63, 3.8) is 0 Å². The molecule has 1 rings (SSSR count). The summed E-state index contributed by atoms with van der Waals surface area (Å²) in [6.07, 6.45) is 5.98. The van der Waals surface area contributed by atoms with E-state index in [1.54, 1.807) is 0 Å². The Morgan fingerprint density at radius 1 is 1.06 bits per heavy atom. The summed E-state index contributed by atoms with van der Waals surface area (Å²) in [6.45, 7) is 6.62. The van der Waals surface area contributed by atoms with Crippen LogP contribution in [0.4, 0.5) is 4.79 Å². The third-order valence-electron chi connectivity index (χ3n) is 2.90. The number of hydrogen-bond donors (Lipinski definition) is 2. The molecule has 0 aromatic carbocycles. The third-order valence-corrected chi connectivity index (χ3v) is 2.90. The molecule has 0 bridgehead atoms. The van der Waals surface area contributed by atoms with Crippen LogP contribution in [-0.4, -0.2) is 43.7 Å². The van der Waals surface area contributed by atoms with E-state index in [0.29, 0.717) is 0 Å². The van der Waals surface area contributed by atoms with E-state index in [0.717, 1.165) is 52.0 Å². The normalized spacial score (nSPS) is 16.9. The first-order valence-electron chi connectivity index (χ1n) is 6.58. The van der Waals surface area contributed by atoms with Crippen LogP contribution in [0.25, 0.3) is 0 Å². The van der Waals surface area contributed by atoms with Gasteiger partial charge in [0.1, 0.15) is 0 Å². The fourth-order valence-corrected chi connectivity index (χ4v) is 1.95. The molecule has 1 heterocycles. The average Bonchev–Trinajstić information content (AvgIpc) is 2.57. The van der Waals surface area contributed by atoms with Crippen LogP contribution in [0.15, 0.2) is 0 Å². The number of nitrogens with one attached hydrogen (secondary N) is 2. The van der Waals surface area contributed by atoms with E-state index in [9.17, 15) is 4.79 Å². The lowest BCUT2D eigenvalue weighted by Gasteiger charge is -2.20. The smallest absolute Gasteiger partial charge is 0.317 e. The second-order valence-electron chi connectivity index (χ2n) is 4.38. The molecule has 0 spiro atoms. The van der Waals surface area contributed by atoms with Crippen molar-refractivity contribution in [2.45, 2.75) is 39.0 Å². The van der Waals surface area contributed by atoms with Gasteiger partial charge in [-0.25, -0.2) is 4.79 Å². The van der Waals surface area contributed by atoms with Gasteiger partial charge in [0.15, 0.2) is 0 Å². The van der Waals surface area contributed by atoms with Crippen LogP contribution in [-0.2, 0) is 0 Å². The van der Waals surface area contributed by atoms with E-state index in [1.807, 2.05) is 4.90 Å². The molecule has 1 fully saturated rings. The molecule has 1 saturated heterocycles. The predicted molar refractivity (Wildman–Crippen MR) is 66.6 cm³/mol. The Labute approximate surface area is 98.8 Å². The van der Waals surface area contributed by atoms with E-state index in [1.165, 1.54) is 12.8 Å². The number of carbonyl (C=O) groups excluding carboxylic acids is 1. The van der Waals surface area contributed by atoms with E-state index >= 15 is 0 Å². The highest BCUT2D eigenvalue weighted by Crippen LogP contribution is 2.09. The minimum absolute atomic E-state index is 0.111. The summed E-state index contributed by atoms with van der Waals surface area (Å²) in [7, 11) is 0. The van der Waals surface area contributed by atoms with Gasteiger partial charge in [-0.1, -0.05) is 19.8 Å². The van der Waals surface area contributed by atoms with E-state index in [4.69, 9.17) is 0 Å². The van der Waals surface area contributed by atoms with Crippen LogP contribution < -0.4 is 10.6 Å². The maximum Gasteiger partial charge on any atom is 0.317 e. The second-order valence-corrected chi connectivity index (χ2v) is 4.38. The number of hydrogen-bond acceptors (Lipinski definition) is 2. The summed E-state index contributed by atoms with van der Waals surface area (Å²) in [5.41, 5.74) is 0. The van der Waals surface area contributed by atoms with Crippen LogP contribution in [0.5, 0.6) is 0 Å². The first-order chi connectivity index (χ1) is 7.84. The van der Waals surface area contributed by atoms with Gasteiger partial charge >= 0.3 is 6.03 Å². The molecule has 0 saturated carbocycles. The summed E-state index contributed by atoms with van der Waals surface area (Å²) < 4.78 is 0. The molecule has 4 heteroatoms. The number of nitrogens with zero attached hydrogens (tertiary/aromatic N) is 1. The summed E-state index contributed by atoms with van der Waals surface area (Å²) in [6, 6.07) is 0.111. The van der Waals surface area contributed by atoms with Crippen LogP contribution in [0.3, 0.4) is 0 Å². The minimum Gasteiger partial charge on any atom is -0.337 e. The Hall–Kier alpha value is -0.770.